The number of hydrogen-bond donors (Lipinski definition) is 1. The molecule has 9 heteroatoms. The van der Waals surface area contributed by atoms with Gasteiger partial charge < -0.3 is 4.74 Å². The molecule has 1 unspecified atom stereocenters. The highest BCUT2D eigenvalue weighted by Crippen LogP contribution is 2.23. The van der Waals surface area contributed by atoms with Crippen LogP contribution in [-0.4, -0.2) is 46.2 Å². The zero-order valence-corrected chi connectivity index (χ0v) is 16.9. The molecule has 1 fully saturated rings. The third-order valence-electron chi connectivity index (χ3n) is 4.23. The zero-order chi connectivity index (χ0) is 18.6. The lowest BCUT2D eigenvalue weighted by atomic mass is 10.1. The first-order valence-corrected chi connectivity index (χ1v) is 10.1. The Bertz CT molecular complexity index is 847. The third kappa shape index (κ3) is 5.88. The zero-order valence-electron chi connectivity index (χ0n) is 14.5. The second kappa shape index (κ2) is 9.82. The maximum atomic E-state index is 14.1. The van der Waals surface area contributed by atoms with Crippen LogP contribution in [0.3, 0.4) is 0 Å². The minimum atomic E-state index is -4.05. The van der Waals surface area contributed by atoms with Gasteiger partial charge in [0, 0.05) is 24.7 Å². The average molecular weight is 435 g/mol. The van der Waals surface area contributed by atoms with Crippen molar-refractivity contribution in [3.05, 3.63) is 64.9 Å². The number of nitrogens with zero attached hydrogens (tertiary/aromatic N) is 1. The molecule has 0 aliphatic carbocycles. The SMILES string of the molecule is Cl.O=S(=O)(NC(CN1CCOCC1)c1ccccc1)c1ccc(Cl)cc1F. The fourth-order valence-corrected chi connectivity index (χ4v) is 4.32. The van der Waals surface area contributed by atoms with Gasteiger partial charge in [-0.15, -0.1) is 12.4 Å². The number of ether oxygens (including phenoxy) is 1. The molecule has 1 aliphatic heterocycles. The second-order valence-electron chi connectivity index (χ2n) is 6.07. The Morgan fingerprint density at radius 3 is 2.44 bits per heavy atom. The average Bonchev–Trinajstić information content (AvgIpc) is 2.62. The molecule has 0 radical (unpaired) electrons. The van der Waals surface area contributed by atoms with E-state index < -0.39 is 26.8 Å². The topological polar surface area (TPSA) is 58.6 Å². The highest BCUT2D eigenvalue weighted by Gasteiger charge is 2.26. The van der Waals surface area contributed by atoms with Crippen LogP contribution in [0, 0.1) is 5.82 Å². The van der Waals surface area contributed by atoms with Crippen LogP contribution in [0.15, 0.2) is 53.4 Å². The van der Waals surface area contributed by atoms with Crippen molar-refractivity contribution in [1.82, 2.24) is 9.62 Å². The predicted octanol–water partition coefficient (Wildman–Crippen LogP) is 3.25. The minimum absolute atomic E-state index is 0. The van der Waals surface area contributed by atoms with Gasteiger partial charge in [-0.05, 0) is 23.8 Å². The molecule has 0 amide bonds. The van der Waals surface area contributed by atoms with Crippen molar-refractivity contribution < 1.29 is 17.5 Å². The lowest BCUT2D eigenvalue weighted by Gasteiger charge is -2.31. The van der Waals surface area contributed by atoms with Crippen molar-refractivity contribution in [3.8, 4) is 0 Å². The number of benzene rings is 2. The minimum Gasteiger partial charge on any atom is -0.379 e. The number of halogens is 3. The summed E-state index contributed by atoms with van der Waals surface area (Å²) in [5.41, 5.74) is 0.817. The van der Waals surface area contributed by atoms with E-state index in [1.54, 1.807) is 0 Å². The molecule has 1 aliphatic rings. The van der Waals surface area contributed by atoms with E-state index in [-0.39, 0.29) is 17.4 Å². The molecule has 5 nitrogen and oxygen atoms in total. The number of morpholine rings is 1. The van der Waals surface area contributed by atoms with Crippen LogP contribution in [0.2, 0.25) is 5.02 Å². The van der Waals surface area contributed by atoms with Crippen molar-refractivity contribution in [3.63, 3.8) is 0 Å². The van der Waals surface area contributed by atoms with Crippen LogP contribution in [-0.2, 0) is 14.8 Å². The standard InChI is InChI=1S/C18H20ClFN2O3S.ClH/c19-15-6-7-18(16(20)12-15)26(23,24)21-17(14-4-2-1-3-5-14)13-22-8-10-25-11-9-22;/h1-7,12,17,21H,8-11,13H2;1H. The summed E-state index contributed by atoms with van der Waals surface area (Å²) in [6, 6.07) is 12.3. The highest BCUT2D eigenvalue weighted by molar-refractivity contribution is 7.89. The van der Waals surface area contributed by atoms with Gasteiger partial charge in [0.25, 0.3) is 0 Å². The second-order valence-corrected chi connectivity index (χ2v) is 8.19. The lowest BCUT2D eigenvalue weighted by Crippen LogP contribution is -2.43. The lowest BCUT2D eigenvalue weighted by molar-refractivity contribution is 0.0345. The monoisotopic (exact) mass is 434 g/mol. The summed E-state index contributed by atoms with van der Waals surface area (Å²) >= 11 is 5.72. The van der Waals surface area contributed by atoms with E-state index in [0.717, 1.165) is 24.7 Å². The fourth-order valence-electron chi connectivity index (χ4n) is 2.88. The Morgan fingerprint density at radius 2 is 1.81 bits per heavy atom. The summed E-state index contributed by atoms with van der Waals surface area (Å²) in [6.45, 7) is 3.14. The van der Waals surface area contributed by atoms with Gasteiger partial charge in [0.05, 0.1) is 19.3 Å². The van der Waals surface area contributed by atoms with Gasteiger partial charge in [-0.1, -0.05) is 41.9 Å². The van der Waals surface area contributed by atoms with Gasteiger partial charge >= 0.3 is 0 Å². The molecule has 1 atom stereocenters. The summed E-state index contributed by atoms with van der Waals surface area (Å²) in [4.78, 5) is 1.71. The maximum Gasteiger partial charge on any atom is 0.244 e. The van der Waals surface area contributed by atoms with Crippen LogP contribution in [0.1, 0.15) is 11.6 Å². The van der Waals surface area contributed by atoms with Gasteiger partial charge in [0.1, 0.15) is 10.7 Å². The molecule has 2 aromatic carbocycles. The molecular weight excluding hydrogens is 414 g/mol. The molecule has 3 rings (SSSR count). The number of rotatable bonds is 6. The van der Waals surface area contributed by atoms with E-state index in [1.807, 2.05) is 30.3 Å². The molecule has 0 spiro atoms. The van der Waals surface area contributed by atoms with Gasteiger partial charge in [0.2, 0.25) is 10.0 Å². The number of hydrogen-bond acceptors (Lipinski definition) is 4. The van der Waals surface area contributed by atoms with Crippen molar-refractivity contribution in [2.24, 2.45) is 0 Å². The van der Waals surface area contributed by atoms with Gasteiger partial charge in [-0.25, -0.2) is 17.5 Å². The quantitative estimate of drug-likeness (QED) is 0.757. The van der Waals surface area contributed by atoms with Crippen LogP contribution in [0.4, 0.5) is 4.39 Å². The first-order chi connectivity index (χ1) is 12.5. The first-order valence-electron chi connectivity index (χ1n) is 8.28. The van der Waals surface area contributed by atoms with Gasteiger partial charge in [-0.3, -0.25) is 4.90 Å². The van der Waals surface area contributed by atoms with E-state index in [2.05, 4.69) is 9.62 Å². The highest BCUT2D eigenvalue weighted by atomic mass is 35.5. The van der Waals surface area contributed by atoms with Crippen molar-refractivity contribution in [2.75, 3.05) is 32.8 Å². The van der Waals surface area contributed by atoms with Crippen molar-refractivity contribution >= 4 is 34.0 Å². The fraction of sp³-hybridized carbons (Fsp3) is 0.333. The normalized spacial score (nSPS) is 16.5. The summed E-state index contributed by atoms with van der Waals surface area (Å²) in [5.74, 6) is -0.872. The van der Waals surface area contributed by atoms with Crippen LogP contribution < -0.4 is 4.72 Å². The molecule has 0 bridgehead atoms. The summed E-state index contributed by atoms with van der Waals surface area (Å²) in [7, 11) is -4.05. The van der Waals surface area contributed by atoms with E-state index >= 15 is 0 Å². The molecule has 0 saturated carbocycles. The van der Waals surface area contributed by atoms with Crippen molar-refractivity contribution in [1.29, 1.82) is 0 Å². The molecule has 0 aromatic heterocycles. The van der Waals surface area contributed by atoms with Crippen molar-refractivity contribution in [2.45, 2.75) is 10.9 Å². The molecule has 1 saturated heterocycles. The number of sulfonamides is 1. The van der Waals surface area contributed by atoms with E-state index in [4.69, 9.17) is 16.3 Å². The Balaban J connectivity index is 0.00000261. The Hall–Kier alpha value is -1.22. The Morgan fingerprint density at radius 1 is 1.15 bits per heavy atom. The largest absolute Gasteiger partial charge is 0.379 e. The summed E-state index contributed by atoms with van der Waals surface area (Å²) in [5, 5.41) is 0.148. The van der Waals surface area contributed by atoms with E-state index in [9.17, 15) is 12.8 Å². The third-order valence-corrected chi connectivity index (χ3v) is 5.97. The molecule has 27 heavy (non-hydrogen) atoms. The smallest absolute Gasteiger partial charge is 0.244 e. The van der Waals surface area contributed by atoms with Gasteiger partial charge in [0.15, 0.2) is 0 Å². The summed E-state index contributed by atoms with van der Waals surface area (Å²) in [6.07, 6.45) is 0. The summed E-state index contributed by atoms with van der Waals surface area (Å²) < 4.78 is 47.6. The Labute approximate surface area is 169 Å². The van der Waals surface area contributed by atoms with Crippen LogP contribution >= 0.6 is 24.0 Å². The molecule has 1 N–H and O–H groups in total. The Kier molecular flexibility index (Phi) is 8.03. The predicted molar refractivity (Wildman–Crippen MR) is 105 cm³/mol. The van der Waals surface area contributed by atoms with E-state index in [1.165, 1.54) is 12.1 Å². The molecular formula is C18H21Cl2FN2O3S. The van der Waals surface area contributed by atoms with Crippen LogP contribution in [0.25, 0.3) is 0 Å². The molecule has 2 aromatic rings. The van der Waals surface area contributed by atoms with Gasteiger partial charge in [-0.2, -0.15) is 0 Å². The first kappa shape index (κ1) is 22.1. The van der Waals surface area contributed by atoms with E-state index in [0.29, 0.717) is 19.8 Å². The van der Waals surface area contributed by atoms with Crippen LogP contribution in [0.5, 0.6) is 0 Å². The molecule has 1 heterocycles. The maximum absolute atomic E-state index is 14.1. The number of nitrogens with one attached hydrogen (secondary N) is 1. The molecule has 148 valence electrons.